The molecule has 1 heterocycles. The number of ether oxygens (including phenoxy) is 1. The second kappa shape index (κ2) is 5.04. The van der Waals surface area contributed by atoms with Gasteiger partial charge in [-0.2, -0.15) is 4.47 Å². The van der Waals surface area contributed by atoms with Crippen LogP contribution in [0.15, 0.2) is 23.4 Å². The van der Waals surface area contributed by atoms with Gasteiger partial charge in [0.05, 0.1) is 19.4 Å². The summed E-state index contributed by atoms with van der Waals surface area (Å²) in [4.78, 5) is 5.10. The number of rotatable bonds is 4. The molecule has 1 aliphatic heterocycles. The first-order valence-electron chi connectivity index (χ1n) is 4.13. The quantitative estimate of drug-likeness (QED) is 0.691. The van der Waals surface area contributed by atoms with Gasteiger partial charge in [0.15, 0.2) is 11.0 Å². The van der Waals surface area contributed by atoms with Crippen molar-refractivity contribution in [3.8, 4) is 0 Å². The second-order valence-corrected chi connectivity index (χ2v) is 3.43. The predicted molar refractivity (Wildman–Crippen MR) is 50.5 cm³/mol. The van der Waals surface area contributed by atoms with E-state index in [4.69, 9.17) is 9.57 Å². The maximum Gasteiger partial charge on any atom is 0.169 e. The minimum Gasteiger partial charge on any atom is -0.492 e. The van der Waals surface area contributed by atoms with E-state index in [9.17, 15) is 4.21 Å². The Morgan fingerprint density at radius 1 is 1.46 bits per heavy atom. The van der Waals surface area contributed by atoms with Gasteiger partial charge in [-0.1, -0.05) is 0 Å². The van der Waals surface area contributed by atoms with E-state index < -0.39 is 11.0 Å². The van der Waals surface area contributed by atoms with Crippen LogP contribution < -0.4 is 0 Å². The van der Waals surface area contributed by atoms with E-state index in [2.05, 4.69) is 0 Å². The summed E-state index contributed by atoms with van der Waals surface area (Å²) in [6.45, 7) is 4.80. The molecule has 1 rings (SSSR count). The van der Waals surface area contributed by atoms with Crippen molar-refractivity contribution in [2.24, 2.45) is 0 Å². The number of hydrogen-bond donors (Lipinski definition) is 0. The topological polar surface area (TPSA) is 38.8 Å². The van der Waals surface area contributed by atoms with Gasteiger partial charge in [0, 0.05) is 5.41 Å². The van der Waals surface area contributed by atoms with E-state index in [1.807, 2.05) is 13.8 Å². The molecule has 0 fully saturated rings. The molecular weight excluding hydrogens is 190 g/mol. The van der Waals surface area contributed by atoms with Gasteiger partial charge in [-0.3, -0.25) is 4.84 Å². The molecule has 4 nitrogen and oxygen atoms in total. The Morgan fingerprint density at radius 3 is 2.85 bits per heavy atom. The van der Waals surface area contributed by atoms with E-state index in [1.165, 1.54) is 9.88 Å². The molecule has 74 valence electrons. The molecule has 5 heteroatoms. The van der Waals surface area contributed by atoms with Crippen molar-refractivity contribution in [2.75, 3.05) is 13.2 Å². The number of hydrogen-bond acceptors (Lipinski definition) is 3. The Hall–Kier alpha value is -0.810. The van der Waals surface area contributed by atoms with Gasteiger partial charge in [-0.05, 0) is 19.9 Å². The first kappa shape index (κ1) is 10.3. The highest BCUT2D eigenvalue weighted by Gasteiger charge is 2.12. The second-order valence-electron chi connectivity index (χ2n) is 2.25. The average Bonchev–Trinajstić information content (AvgIpc) is 2.12. The fraction of sp³-hybridized carbons (Fsp3) is 0.500. The third-order valence-electron chi connectivity index (χ3n) is 1.33. The van der Waals surface area contributed by atoms with Gasteiger partial charge in [-0.25, -0.2) is 4.21 Å². The van der Waals surface area contributed by atoms with Crippen molar-refractivity contribution in [2.45, 2.75) is 13.8 Å². The summed E-state index contributed by atoms with van der Waals surface area (Å²) in [6, 6.07) is 0. The first-order chi connectivity index (χ1) is 6.27. The van der Waals surface area contributed by atoms with Gasteiger partial charge in [0.2, 0.25) is 0 Å². The van der Waals surface area contributed by atoms with E-state index in [0.717, 1.165) is 0 Å². The van der Waals surface area contributed by atoms with Crippen molar-refractivity contribution in [3.63, 3.8) is 0 Å². The highest BCUT2D eigenvalue weighted by Crippen LogP contribution is 2.12. The van der Waals surface area contributed by atoms with Crippen LogP contribution in [-0.4, -0.2) is 21.9 Å². The molecule has 1 unspecified atom stereocenters. The molecule has 0 amide bonds. The number of allylic oxidation sites excluding steroid dienone is 1. The van der Waals surface area contributed by atoms with Crippen LogP contribution in [0.25, 0.3) is 0 Å². The summed E-state index contributed by atoms with van der Waals surface area (Å²) in [5.74, 6) is 0.663. The minimum absolute atomic E-state index is 0.482. The molecule has 1 aliphatic rings. The summed E-state index contributed by atoms with van der Waals surface area (Å²) in [7, 11) is -1.23. The summed E-state index contributed by atoms with van der Waals surface area (Å²) < 4.78 is 17.8. The fourth-order valence-electron chi connectivity index (χ4n) is 0.853. The zero-order chi connectivity index (χ0) is 9.68. The van der Waals surface area contributed by atoms with Crippen LogP contribution in [0.1, 0.15) is 13.8 Å². The van der Waals surface area contributed by atoms with E-state index in [1.54, 1.807) is 12.3 Å². The molecule has 0 saturated heterocycles. The molecule has 0 spiro atoms. The van der Waals surface area contributed by atoms with Crippen LogP contribution in [0, 0.1) is 0 Å². The van der Waals surface area contributed by atoms with Crippen LogP contribution in [0.5, 0.6) is 0 Å². The fourth-order valence-corrected chi connectivity index (χ4v) is 1.64. The smallest absolute Gasteiger partial charge is 0.169 e. The van der Waals surface area contributed by atoms with Crippen molar-refractivity contribution >= 4 is 11.0 Å². The lowest BCUT2D eigenvalue weighted by molar-refractivity contribution is -0.0375. The minimum atomic E-state index is -1.23. The summed E-state index contributed by atoms with van der Waals surface area (Å²) in [5.41, 5.74) is 0. The van der Waals surface area contributed by atoms with Crippen LogP contribution in [0.4, 0.5) is 0 Å². The summed E-state index contributed by atoms with van der Waals surface area (Å²) in [5, 5.41) is 1.53. The third kappa shape index (κ3) is 2.86. The van der Waals surface area contributed by atoms with Crippen LogP contribution in [0.3, 0.4) is 0 Å². The van der Waals surface area contributed by atoms with Gasteiger partial charge in [0.1, 0.15) is 5.76 Å². The molecule has 0 saturated carbocycles. The molecule has 1 atom stereocenters. The summed E-state index contributed by atoms with van der Waals surface area (Å²) in [6.07, 6.45) is 3.26. The molecule has 0 aromatic rings. The monoisotopic (exact) mass is 203 g/mol. The highest BCUT2D eigenvalue weighted by molar-refractivity contribution is 7.85. The Kier molecular flexibility index (Phi) is 3.98. The number of hydroxylamine groups is 1. The summed E-state index contributed by atoms with van der Waals surface area (Å²) >= 11 is 0. The van der Waals surface area contributed by atoms with Gasteiger partial charge < -0.3 is 4.74 Å². The van der Waals surface area contributed by atoms with E-state index in [-0.39, 0.29) is 0 Å². The lowest BCUT2D eigenvalue weighted by atomic mass is 10.5. The van der Waals surface area contributed by atoms with Crippen molar-refractivity contribution in [1.82, 2.24) is 4.47 Å². The third-order valence-corrected chi connectivity index (χ3v) is 2.26. The Labute approximate surface area is 80.4 Å². The largest absolute Gasteiger partial charge is 0.492 e. The highest BCUT2D eigenvalue weighted by atomic mass is 32.2. The van der Waals surface area contributed by atoms with Gasteiger partial charge >= 0.3 is 0 Å². The maximum atomic E-state index is 11.3. The Morgan fingerprint density at radius 2 is 2.23 bits per heavy atom. The van der Waals surface area contributed by atoms with Crippen LogP contribution in [-0.2, 0) is 20.6 Å². The molecular formula is C8H13NO3S. The lowest BCUT2D eigenvalue weighted by Gasteiger charge is -2.19. The molecule has 0 N–H and O–H groups in total. The van der Waals surface area contributed by atoms with Crippen molar-refractivity contribution in [3.05, 3.63) is 23.4 Å². The predicted octanol–water partition coefficient (Wildman–Crippen LogP) is 1.31. The normalized spacial score (nSPS) is 21.5. The van der Waals surface area contributed by atoms with Crippen LogP contribution in [0.2, 0.25) is 0 Å². The lowest BCUT2D eigenvalue weighted by Crippen LogP contribution is -2.22. The molecule has 0 bridgehead atoms. The SMILES string of the molecule is CCOC1=CN(OCC)S(=O)C=C1. The van der Waals surface area contributed by atoms with E-state index >= 15 is 0 Å². The van der Waals surface area contributed by atoms with Crippen molar-refractivity contribution < 1.29 is 13.8 Å². The molecule has 13 heavy (non-hydrogen) atoms. The molecule has 0 aromatic carbocycles. The van der Waals surface area contributed by atoms with Gasteiger partial charge in [0.25, 0.3) is 0 Å². The zero-order valence-corrected chi connectivity index (χ0v) is 8.54. The number of nitrogens with zero attached hydrogens (tertiary/aromatic N) is 1. The standard InChI is InChI=1S/C8H13NO3S/c1-3-11-8-5-6-13(10)9(7-8)12-4-2/h5-7H,3-4H2,1-2H3. The van der Waals surface area contributed by atoms with Crippen molar-refractivity contribution in [1.29, 1.82) is 0 Å². The first-order valence-corrected chi connectivity index (χ1v) is 5.30. The Bertz CT molecular complexity index is 250. The Balaban J connectivity index is 2.62. The van der Waals surface area contributed by atoms with Crippen LogP contribution >= 0.6 is 0 Å². The molecule has 0 radical (unpaired) electrons. The zero-order valence-electron chi connectivity index (χ0n) is 7.73. The maximum absolute atomic E-state index is 11.3. The molecule has 0 aromatic heterocycles. The van der Waals surface area contributed by atoms with E-state index in [0.29, 0.717) is 19.0 Å². The van der Waals surface area contributed by atoms with Gasteiger partial charge in [-0.15, -0.1) is 0 Å². The average molecular weight is 203 g/mol. The molecule has 0 aliphatic carbocycles.